The molecule has 1 amide bonds. The van der Waals surface area contributed by atoms with Crippen LogP contribution in [0, 0.1) is 0 Å². The lowest BCUT2D eigenvalue weighted by atomic mass is 10.1. The molecule has 110 valence electrons. The van der Waals surface area contributed by atoms with Gasteiger partial charge in [-0.15, -0.1) is 0 Å². The third kappa shape index (κ3) is 3.67. The summed E-state index contributed by atoms with van der Waals surface area (Å²) in [4.78, 5) is 12.2. The van der Waals surface area contributed by atoms with Gasteiger partial charge in [0.2, 0.25) is 0 Å². The van der Waals surface area contributed by atoms with E-state index in [9.17, 15) is 4.79 Å². The van der Waals surface area contributed by atoms with E-state index in [-0.39, 0.29) is 11.9 Å². The van der Waals surface area contributed by atoms with E-state index >= 15 is 0 Å². The van der Waals surface area contributed by atoms with Crippen molar-refractivity contribution in [3.8, 4) is 5.75 Å². The van der Waals surface area contributed by atoms with Gasteiger partial charge in [-0.3, -0.25) is 4.79 Å². The van der Waals surface area contributed by atoms with Gasteiger partial charge >= 0.3 is 0 Å². The fourth-order valence-electron chi connectivity index (χ4n) is 1.99. The molecule has 0 saturated carbocycles. The van der Waals surface area contributed by atoms with Crippen molar-refractivity contribution in [2.24, 2.45) is 0 Å². The molecule has 0 fully saturated rings. The van der Waals surface area contributed by atoms with Gasteiger partial charge in [-0.25, -0.2) is 0 Å². The first-order chi connectivity index (χ1) is 10.0. The Morgan fingerprint density at radius 1 is 1.24 bits per heavy atom. The molecule has 21 heavy (non-hydrogen) atoms. The number of amides is 1. The summed E-state index contributed by atoms with van der Waals surface area (Å²) in [6, 6.07) is 12.2. The van der Waals surface area contributed by atoms with Gasteiger partial charge in [-0.1, -0.05) is 23.7 Å². The van der Waals surface area contributed by atoms with Gasteiger partial charge in [-0.2, -0.15) is 0 Å². The zero-order valence-corrected chi connectivity index (χ0v) is 12.6. The standard InChI is InChI=1S/C16H17ClN2O2/c1-10(11-3-6-13(21-2)7-4-11)19-16(20)14-8-5-12(17)9-15(14)18/h3-10H,18H2,1-2H3,(H,19,20)/t10-/m1/s1. The van der Waals surface area contributed by atoms with Gasteiger partial charge in [0.1, 0.15) is 5.75 Å². The zero-order chi connectivity index (χ0) is 15.4. The van der Waals surface area contributed by atoms with Crippen LogP contribution in [-0.4, -0.2) is 13.0 Å². The van der Waals surface area contributed by atoms with E-state index in [2.05, 4.69) is 5.32 Å². The number of hydrogen-bond donors (Lipinski definition) is 2. The maximum Gasteiger partial charge on any atom is 0.253 e. The van der Waals surface area contributed by atoms with Crippen LogP contribution >= 0.6 is 11.6 Å². The second-order valence-corrected chi connectivity index (χ2v) is 5.14. The Balaban J connectivity index is 2.10. The number of nitrogen functional groups attached to an aromatic ring is 1. The van der Waals surface area contributed by atoms with Crippen LogP contribution < -0.4 is 15.8 Å². The number of carbonyl (C=O) groups is 1. The molecule has 2 aromatic carbocycles. The number of hydrogen-bond acceptors (Lipinski definition) is 3. The van der Waals surface area contributed by atoms with E-state index in [1.165, 1.54) is 0 Å². The Morgan fingerprint density at radius 3 is 2.48 bits per heavy atom. The summed E-state index contributed by atoms with van der Waals surface area (Å²) >= 11 is 5.83. The van der Waals surface area contributed by atoms with E-state index in [0.29, 0.717) is 16.3 Å². The summed E-state index contributed by atoms with van der Waals surface area (Å²) in [5, 5.41) is 3.41. The van der Waals surface area contributed by atoms with Crippen LogP contribution in [0.25, 0.3) is 0 Å². The third-order valence-corrected chi connectivity index (χ3v) is 3.46. The minimum atomic E-state index is -0.229. The molecule has 0 unspecified atom stereocenters. The van der Waals surface area contributed by atoms with Crippen LogP contribution in [-0.2, 0) is 0 Å². The SMILES string of the molecule is COc1ccc([C@@H](C)NC(=O)c2ccc(Cl)cc2N)cc1. The van der Waals surface area contributed by atoms with Crippen molar-refractivity contribution < 1.29 is 9.53 Å². The lowest BCUT2D eigenvalue weighted by Gasteiger charge is -2.15. The molecule has 4 nitrogen and oxygen atoms in total. The van der Waals surface area contributed by atoms with E-state index in [1.54, 1.807) is 25.3 Å². The molecule has 0 bridgehead atoms. The number of halogens is 1. The van der Waals surface area contributed by atoms with Gasteiger partial charge < -0.3 is 15.8 Å². The van der Waals surface area contributed by atoms with Gasteiger partial charge in [-0.05, 0) is 42.8 Å². The van der Waals surface area contributed by atoms with E-state index in [1.807, 2.05) is 31.2 Å². The minimum Gasteiger partial charge on any atom is -0.497 e. The van der Waals surface area contributed by atoms with Gasteiger partial charge in [0.05, 0.1) is 18.7 Å². The number of rotatable bonds is 4. The van der Waals surface area contributed by atoms with Gasteiger partial charge in [0.15, 0.2) is 0 Å². The van der Waals surface area contributed by atoms with Crippen molar-refractivity contribution >= 4 is 23.2 Å². The first-order valence-electron chi connectivity index (χ1n) is 6.51. The van der Waals surface area contributed by atoms with Crippen molar-refractivity contribution in [3.05, 3.63) is 58.6 Å². The van der Waals surface area contributed by atoms with Crippen LogP contribution in [0.15, 0.2) is 42.5 Å². The molecule has 1 atom stereocenters. The van der Waals surface area contributed by atoms with E-state index < -0.39 is 0 Å². The molecule has 3 N–H and O–H groups in total. The van der Waals surface area contributed by atoms with Crippen LogP contribution in [0.2, 0.25) is 5.02 Å². The van der Waals surface area contributed by atoms with Crippen LogP contribution in [0.3, 0.4) is 0 Å². The molecule has 0 aliphatic rings. The number of benzene rings is 2. The first-order valence-corrected chi connectivity index (χ1v) is 6.89. The Morgan fingerprint density at radius 2 is 1.90 bits per heavy atom. The topological polar surface area (TPSA) is 64.3 Å². The van der Waals surface area contributed by atoms with Gasteiger partial charge in [0.25, 0.3) is 5.91 Å². The Bertz CT molecular complexity index is 641. The monoisotopic (exact) mass is 304 g/mol. The summed E-state index contributed by atoms with van der Waals surface area (Å²) in [7, 11) is 1.61. The highest BCUT2D eigenvalue weighted by Gasteiger charge is 2.14. The number of ether oxygens (including phenoxy) is 1. The average molecular weight is 305 g/mol. The summed E-state index contributed by atoms with van der Waals surface area (Å²) in [6.45, 7) is 1.91. The maximum atomic E-state index is 12.2. The van der Waals surface area contributed by atoms with Crippen LogP contribution in [0.5, 0.6) is 5.75 Å². The van der Waals surface area contributed by atoms with E-state index in [0.717, 1.165) is 11.3 Å². The van der Waals surface area contributed by atoms with Crippen molar-refractivity contribution in [3.63, 3.8) is 0 Å². The molecule has 0 aliphatic heterocycles. The summed E-state index contributed by atoms with van der Waals surface area (Å²) in [5.41, 5.74) is 7.58. The normalized spacial score (nSPS) is 11.8. The number of carbonyl (C=O) groups excluding carboxylic acids is 1. The predicted octanol–water partition coefficient (Wildman–Crippen LogP) is 3.42. The molecule has 2 rings (SSSR count). The zero-order valence-electron chi connectivity index (χ0n) is 11.9. The molecule has 0 radical (unpaired) electrons. The number of nitrogens with one attached hydrogen (secondary N) is 1. The van der Waals surface area contributed by atoms with E-state index in [4.69, 9.17) is 22.1 Å². The average Bonchev–Trinajstić information content (AvgIpc) is 2.47. The van der Waals surface area contributed by atoms with Crippen LogP contribution in [0.1, 0.15) is 28.9 Å². The second-order valence-electron chi connectivity index (χ2n) is 4.70. The summed E-state index contributed by atoms with van der Waals surface area (Å²) < 4.78 is 5.11. The maximum absolute atomic E-state index is 12.2. The number of anilines is 1. The first kappa shape index (κ1) is 15.2. The molecular weight excluding hydrogens is 288 g/mol. The van der Waals surface area contributed by atoms with Crippen molar-refractivity contribution in [2.75, 3.05) is 12.8 Å². The van der Waals surface area contributed by atoms with Crippen molar-refractivity contribution in [1.82, 2.24) is 5.32 Å². The lowest BCUT2D eigenvalue weighted by molar-refractivity contribution is 0.0941. The second kappa shape index (κ2) is 6.50. The Hall–Kier alpha value is -2.20. The molecule has 0 spiro atoms. The highest BCUT2D eigenvalue weighted by molar-refractivity contribution is 6.31. The fraction of sp³-hybridized carbons (Fsp3) is 0.188. The lowest BCUT2D eigenvalue weighted by Crippen LogP contribution is -2.27. The Labute approximate surface area is 128 Å². The molecule has 0 aliphatic carbocycles. The molecule has 0 saturated heterocycles. The van der Waals surface area contributed by atoms with Gasteiger partial charge in [0, 0.05) is 10.7 Å². The van der Waals surface area contributed by atoms with Crippen molar-refractivity contribution in [2.45, 2.75) is 13.0 Å². The highest BCUT2D eigenvalue weighted by Crippen LogP contribution is 2.20. The molecule has 0 aromatic heterocycles. The third-order valence-electron chi connectivity index (χ3n) is 3.22. The van der Waals surface area contributed by atoms with Crippen molar-refractivity contribution in [1.29, 1.82) is 0 Å². The smallest absolute Gasteiger partial charge is 0.253 e. The minimum absolute atomic E-state index is 0.140. The largest absolute Gasteiger partial charge is 0.497 e. The highest BCUT2D eigenvalue weighted by atomic mass is 35.5. The predicted molar refractivity (Wildman–Crippen MR) is 84.7 cm³/mol. The molecular formula is C16H17ClN2O2. The number of nitrogens with two attached hydrogens (primary N) is 1. The molecule has 5 heteroatoms. The quantitative estimate of drug-likeness (QED) is 0.851. The summed E-state index contributed by atoms with van der Waals surface area (Å²) in [6.07, 6.45) is 0. The molecule has 0 heterocycles. The van der Waals surface area contributed by atoms with Crippen LogP contribution in [0.4, 0.5) is 5.69 Å². The fourth-order valence-corrected chi connectivity index (χ4v) is 2.17. The Kier molecular flexibility index (Phi) is 4.70. The number of methoxy groups -OCH3 is 1. The molecule has 2 aromatic rings. The summed E-state index contributed by atoms with van der Waals surface area (Å²) in [5.74, 6) is 0.548.